The molecule has 7 nitrogen and oxygen atoms in total. The predicted molar refractivity (Wildman–Crippen MR) is 111 cm³/mol. The van der Waals surface area contributed by atoms with Crippen molar-refractivity contribution in [2.24, 2.45) is 5.92 Å². The molecule has 158 valence electrons. The van der Waals surface area contributed by atoms with Crippen LogP contribution in [0.1, 0.15) is 50.6 Å². The van der Waals surface area contributed by atoms with E-state index >= 15 is 0 Å². The Bertz CT molecular complexity index is 715. The molecule has 2 unspecified atom stereocenters. The van der Waals surface area contributed by atoms with Gasteiger partial charge in [-0.2, -0.15) is 0 Å². The van der Waals surface area contributed by atoms with Gasteiger partial charge in [-0.1, -0.05) is 12.1 Å². The standard InChI is InChI=1S/C22H32N4O3/c1-15(24-22(28)23-12-16-10-11-26(13-16)19-6-7-19)17-2-8-20(9-3-17)29-14-21(27)25-18-4-5-18/h2-3,8-9,15-16,18-19H,4-7,10-14H2,1H3,(H,25,27)(H2,23,24,28). The molecule has 3 amide bonds. The van der Waals surface area contributed by atoms with Gasteiger partial charge in [0.15, 0.2) is 6.61 Å². The Morgan fingerprint density at radius 3 is 2.59 bits per heavy atom. The number of hydrogen-bond acceptors (Lipinski definition) is 4. The summed E-state index contributed by atoms with van der Waals surface area (Å²) in [4.78, 5) is 26.5. The van der Waals surface area contributed by atoms with Crippen LogP contribution >= 0.6 is 0 Å². The lowest BCUT2D eigenvalue weighted by atomic mass is 10.1. The summed E-state index contributed by atoms with van der Waals surface area (Å²) in [5.74, 6) is 1.13. The van der Waals surface area contributed by atoms with Crippen LogP contribution in [0.25, 0.3) is 0 Å². The Labute approximate surface area is 172 Å². The van der Waals surface area contributed by atoms with Crippen LogP contribution in [0.3, 0.4) is 0 Å². The highest BCUT2D eigenvalue weighted by Crippen LogP contribution is 2.31. The van der Waals surface area contributed by atoms with Crippen LogP contribution in [0.4, 0.5) is 4.79 Å². The molecule has 29 heavy (non-hydrogen) atoms. The van der Waals surface area contributed by atoms with E-state index in [1.807, 2.05) is 31.2 Å². The van der Waals surface area contributed by atoms with Crippen LogP contribution in [-0.2, 0) is 4.79 Å². The van der Waals surface area contributed by atoms with Gasteiger partial charge >= 0.3 is 6.03 Å². The fourth-order valence-corrected chi connectivity index (χ4v) is 3.87. The van der Waals surface area contributed by atoms with Gasteiger partial charge in [-0.25, -0.2) is 4.79 Å². The number of urea groups is 1. The van der Waals surface area contributed by atoms with Crippen molar-refractivity contribution < 1.29 is 14.3 Å². The fraction of sp³-hybridized carbons (Fsp3) is 0.636. The van der Waals surface area contributed by atoms with Gasteiger partial charge in [-0.15, -0.1) is 0 Å². The highest BCUT2D eigenvalue weighted by Gasteiger charge is 2.34. The van der Waals surface area contributed by atoms with Gasteiger partial charge in [0.05, 0.1) is 6.04 Å². The summed E-state index contributed by atoms with van der Waals surface area (Å²) in [5.41, 5.74) is 0.996. The number of amides is 3. The van der Waals surface area contributed by atoms with Gasteiger partial charge < -0.3 is 25.6 Å². The second-order valence-corrected chi connectivity index (χ2v) is 8.66. The van der Waals surface area contributed by atoms with E-state index in [4.69, 9.17) is 4.74 Å². The first-order valence-corrected chi connectivity index (χ1v) is 10.9. The van der Waals surface area contributed by atoms with Crippen molar-refractivity contribution in [3.63, 3.8) is 0 Å². The molecule has 3 fully saturated rings. The van der Waals surface area contributed by atoms with Crippen molar-refractivity contribution in [1.82, 2.24) is 20.9 Å². The third kappa shape index (κ3) is 6.10. The summed E-state index contributed by atoms with van der Waals surface area (Å²) >= 11 is 0. The van der Waals surface area contributed by atoms with E-state index in [1.165, 1.54) is 25.8 Å². The monoisotopic (exact) mass is 400 g/mol. The number of ether oxygens (including phenoxy) is 1. The molecule has 1 aliphatic heterocycles. The molecule has 0 spiro atoms. The van der Waals surface area contributed by atoms with E-state index in [1.54, 1.807) is 0 Å². The topological polar surface area (TPSA) is 82.7 Å². The van der Waals surface area contributed by atoms with Crippen LogP contribution in [0.5, 0.6) is 5.75 Å². The molecule has 4 rings (SSSR count). The molecule has 2 atom stereocenters. The maximum Gasteiger partial charge on any atom is 0.315 e. The molecule has 1 heterocycles. The first-order chi connectivity index (χ1) is 14.1. The lowest BCUT2D eigenvalue weighted by molar-refractivity contribution is -0.123. The first kappa shape index (κ1) is 20.0. The zero-order valence-corrected chi connectivity index (χ0v) is 17.2. The van der Waals surface area contributed by atoms with Gasteiger partial charge in [0.25, 0.3) is 5.91 Å². The number of hydrogen-bond donors (Lipinski definition) is 3. The van der Waals surface area contributed by atoms with Crippen molar-refractivity contribution in [2.45, 2.75) is 57.2 Å². The molecular weight excluding hydrogens is 368 g/mol. The van der Waals surface area contributed by atoms with E-state index in [0.29, 0.717) is 17.7 Å². The molecule has 1 saturated heterocycles. The normalized spacial score (nSPS) is 22.7. The van der Waals surface area contributed by atoms with Gasteiger partial charge in [0.2, 0.25) is 0 Å². The SMILES string of the molecule is CC(NC(=O)NCC1CCN(C2CC2)C1)c1ccc(OCC(=O)NC2CC2)cc1. The summed E-state index contributed by atoms with van der Waals surface area (Å²) in [6, 6.07) is 8.44. The third-order valence-corrected chi connectivity index (χ3v) is 5.97. The van der Waals surface area contributed by atoms with Crippen molar-refractivity contribution in [1.29, 1.82) is 0 Å². The molecule has 2 aliphatic carbocycles. The maximum absolute atomic E-state index is 12.2. The molecule has 0 radical (unpaired) electrons. The van der Waals surface area contributed by atoms with E-state index in [2.05, 4.69) is 20.9 Å². The van der Waals surface area contributed by atoms with Crippen molar-refractivity contribution in [3.8, 4) is 5.75 Å². The summed E-state index contributed by atoms with van der Waals surface area (Å²) in [7, 11) is 0. The average Bonchev–Trinajstić information content (AvgIpc) is 3.65. The number of likely N-dealkylation sites (tertiary alicyclic amines) is 1. The van der Waals surface area contributed by atoms with Gasteiger partial charge in [-0.3, -0.25) is 4.79 Å². The van der Waals surface area contributed by atoms with Crippen LogP contribution < -0.4 is 20.7 Å². The van der Waals surface area contributed by atoms with Crippen LogP contribution in [0.2, 0.25) is 0 Å². The van der Waals surface area contributed by atoms with Gasteiger partial charge in [0.1, 0.15) is 5.75 Å². The number of nitrogens with zero attached hydrogens (tertiary/aromatic N) is 1. The number of carbonyl (C=O) groups is 2. The zero-order chi connectivity index (χ0) is 20.2. The smallest absolute Gasteiger partial charge is 0.315 e. The summed E-state index contributed by atoms with van der Waals surface area (Å²) < 4.78 is 5.52. The minimum atomic E-state index is -0.126. The first-order valence-electron chi connectivity index (χ1n) is 10.9. The predicted octanol–water partition coefficient (Wildman–Crippen LogP) is 2.19. The summed E-state index contributed by atoms with van der Waals surface area (Å²) in [6.45, 7) is 5.01. The molecule has 0 bridgehead atoms. The Kier molecular flexibility index (Phi) is 6.23. The Balaban J connectivity index is 1.15. The molecule has 0 aromatic heterocycles. The second-order valence-electron chi connectivity index (χ2n) is 8.66. The van der Waals surface area contributed by atoms with Gasteiger partial charge in [-0.05, 0) is 69.2 Å². The second kappa shape index (κ2) is 9.03. The molecule has 3 N–H and O–H groups in total. The van der Waals surface area contributed by atoms with Crippen LogP contribution in [-0.4, -0.2) is 55.2 Å². The Hall–Kier alpha value is -2.28. The largest absolute Gasteiger partial charge is 0.484 e. The minimum Gasteiger partial charge on any atom is -0.484 e. The van der Waals surface area contributed by atoms with Gasteiger partial charge in [0, 0.05) is 25.2 Å². The Morgan fingerprint density at radius 1 is 1.14 bits per heavy atom. The molecule has 1 aromatic rings. The highest BCUT2D eigenvalue weighted by molar-refractivity contribution is 5.78. The quantitative estimate of drug-likeness (QED) is 0.593. The van der Waals surface area contributed by atoms with Crippen molar-refractivity contribution >= 4 is 11.9 Å². The molecular formula is C22H32N4O3. The highest BCUT2D eigenvalue weighted by atomic mass is 16.5. The number of rotatable bonds is 9. The molecule has 2 saturated carbocycles. The number of nitrogens with one attached hydrogen (secondary N) is 3. The lowest BCUT2D eigenvalue weighted by Crippen LogP contribution is -2.40. The third-order valence-electron chi connectivity index (χ3n) is 5.97. The molecule has 1 aromatic carbocycles. The molecule has 7 heteroatoms. The molecule has 3 aliphatic rings. The van der Waals surface area contributed by atoms with E-state index in [-0.39, 0.29) is 24.6 Å². The van der Waals surface area contributed by atoms with Crippen molar-refractivity contribution in [2.75, 3.05) is 26.2 Å². The maximum atomic E-state index is 12.2. The minimum absolute atomic E-state index is 0.0331. The van der Waals surface area contributed by atoms with E-state index < -0.39 is 0 Å². The number of benzene rings is 1. The van der Waals surface area contributed by atoms with Crippen molar-refractivity contribution in [3.05, 3.63) is 29.8 Å². The fourth-order valence-electron chi connectivity index (χ4n) is 3.87. The average molecular weight is 401 g/mol. The number of carbonyl (C=O) groups excluding carboxylic acids is 2. The van der Waals surface area contributed by atoms with Crippen LogP contribution in [0.15, 0.2) is 24.3 Å². The summed E-state index contributed by atoms with van der Waals surface area (Å²) in [6.07, 6.45) is 5.99. The Morgan fingerprint density at radius 2 is 1.90 bits per heavy atom. The van der Waals surface area contributed by atoms with Crippen LogP contribution in [0, 0.1) is 5.92 Å². The van der Waals surface area contributed by atoms with E-state index in [0.717, 1.165) is 37.5 Å². The lowest BCUT2D eigenvalue weighted by Gasteiger charge is -2.18. The van der Waals surface area contributed by atoms with E-state index in [9.17, 15) is 9.59 Å². The summed E-state index contributed by atoms with van der Waals surface area (Å²) in [5, 5.41) is 8.92. The zero-order valence-electron chi connectivity index (χ0n) is 17.2.